The van der Waals surface area contributed by atoms with Crippen molar-refractivity contribution in [2.75, 3.05) is 31.1 Å². The number of halogens is 3. The zero-order valence-electron chi connectivity index (χ0n) is 13.9. The lowest BCUT2D eigenvalue weighted by Gasteiger charge is -2.36. The van der Waals surface area contributed by atoms with Gasteiger partial charge in [0.1, 0.15) is 11.3 Å². The van der Waals surface area contributed by atoms with Crippen molar-refractivity contribution in [3.63, 3.8) is 0 Å². The quantitative estimate of drug-likeness (QED) is 0.831. The van der Waals surface area contributed by atoms with Crippen LogP contribution in [0.15, 0.2) is 28.8 Å². The number of alkyl halides is 3. The average Bonchev–Trinajstić information content (AvgIpc) is 2.92. The number of aryl methyl sites for hydroxylation is 2. The molecule has 3 rings (SSSR count). The Kier molecular flexibility index (Phi) is 4.45. The molecule has 1 saturated heterocycles. The van der Waals surface area contributed by atoms with Gasteiger partial charge in [0.25, 0.3) is 5.91 Å². The Morgan fingerprint density at radius 3 is 2.40 bits per heavy atom. The molecule has 1 aliphatic rings. The van der Waals surface area contributed by atoms with E-state index < -0.39 is 11.7 Å². The Balaban J connectivity index is 1.69. The molecule has 1 aromatic carbocycles. The van der Waals surface area contributed by atoms with E-state index in [9.17, 15) is 18.0 Å². The number of nitrogens with zero attached hydrogens (tertiary/aromatic N) is 3. The lowest BCUT2D eigenvalue weighted by molar-refractivity contribution is -0.137. The molecule has 134 valence electrons. The van der Waals surface area contributed by atoms with Gasteiger partial charge in [-0.15, -0.1) is 0 Å². The summed E-state index contributed by atoms with van der Waals surface area (Å²) in [4.78, 5) is 16.1. The molecular formula is C17H18F3N3O2. The summed E-state index contributed by atoms with van der Waals surface area (Å²) < 4.78 is 43.6. The van der Waals surface area contributed by atoms with Gasteiger partial charge in [-0.25, -0.2) is 0 Å². The predicted octanol–water partition coefficient (Wildman–Crippen LogP) is 3.27. The van der Waals surface area contributed by atoms with Crippen molar-refractivity contribution in [2.24, 2.45) is 0 Å². The van der Waals surface area contributed by atoms with Gasteiger partial charge in [-0.05, 0) is 32.0 Å². The fraction of sp³-hybridized carbons (Fsp3) is 0.412. The molecule has 0 aliphatic carbocycles. The first-order valence-corrected chi connectivity index (χ1v) is 7.91. The summed E-state index contributed by atoms with van der Waals surface area (Å²) in [5.74, 6) is 0.322. The second kappa shape index (κ2) is 6.42. The van der Waals surface area contributed by atoms with Crippen LogP contribution < -0.4 is 4.90 Å². The number of anilines is 1. The number of hydrogen-bond acceptors (Lipinski definition) is 4. The molecule has 1 aromatic heterocycles. The van der Waals surface area contributed by atoms with Crippen molar-refractivity contribution >= 4 is 11.6 Å². The minimum Gasteiger partial charge on any atom is -0.368 e. The SMILES string of the molecule is Cc1noc(C)c1C(=O)N1CCN(c2cccc(C(F)(F)F)c2)CC1. The second-order valence-corrected chi connectivity index (χ2v) is 6.03. The third kappa shape index (κ3) is 3.47. The van der Waals surface area contributed by atoms with Crippen LogP contribution in [-0.2, 0) is 6.18 Å². The first-order valence-electron chi connectivity index (χ1n) is 7.91. The van der Waals surface area contributed by atoms with Crippen molar-refractivity contribution in [3.8, 4) is 0 Å². The number of piperazine rings is 1. The molecule has 0 N–H and O–H groups in total. The number of rotatable bonds is 2. The van der Waals surface area contributed by atoms with Gasteiger partial charge in [0.05, 0.1) is 11.3 Å². The molecule has 1 fully saturated rings. The van der Waals surface area contributed by atoms with Crippen LogP contribution in [0.5, 0.6) is 0 Å². The Hall–Kier alpha value is -2.51. The average molecular weight is 353 g/mol. The summed E-state index contributed by atoms with van der Waals surface area (Å²) in [7, 11) is 0. The standard InChI is InChI=1S/C17H18F3N3O2/c1-11-15(12(2)25-21-11)16(24)23-8-6-22(7-9-23)14-5-3-4-13(10-14)17(18,19)20/h3-5,10H,6-9H2,1-2H3. The molecule has 5 nitrogen and oxygen atoms in total. The number of hydrogen-bond donors (Lipinski definition) is 0. The Labute approximate surface area is 143 Å². The Bertz CT molecular complexity index is 758. The molecule has 1 amide bonds. The highest BCUT2D eigenvalue weighted by Crippen LogP contribution is 2.32. The Morgan fingerprint density at radius 1 is 1.16 bits per heavy atom. The normalized spacial score (nSPS) is 15.6. The Morgan fingerprint density at radius 2 is 1.84 bits per heavy atom. The van der Waals surface area contributed by atoms with Crippen molar-refractivity contribution in [1.82, 2.24) is 10.1 Å². The minimum atomic E-state index is -4.36. The summed E-state index contributed by atoms with van der Waals surface area (Å²) in [5.41, 5.74) is 0.855. The third-order valence-electron chi connectivity index (χ3n) is 4.35. The number of benzene rings is 1. The maximum Gasteiger partial charge on any atom is 0.416 e. The summed E-state index contributed by atoms with van der Waals surface area (Å²) in [6, 6.07) is 5.26. The highest BCUT2D eigenvalue weighted by atomic mass is 19.4. The van der Waals surface area contributed by atoms with Crippen molar-refractivity contribution < 1.29 is 22.5 Å². The van der Waals surface area contributed by atoms with Gasteiger partial charge in [-0.2, -0.15) is 13.2 Å². The van der Waals surface area contributed by atoms with E-state index in [4.69, 9.17) is 4.52 Å². The molecule has 25 heavy (non-hydrogen) atoms. The van der Waals surface area contributed by atoms with Crippen LogP contribution >= 0.6 is 0 Å². The topological polar surface area (TPSA) is 49.6 Å². The first-order chi connectivity index (χ1) is 11.8. The van der Waals surface area contributed by atoms with E-state index in [2.05, 4.69) is 5.16 Å². The minimum absolute atomic E-state index is 0.153. The largest absolute Gasteiger partial charge is 0.416 e. The van der Waals surface area contributed by atoms with Crippen LogP contribution in [-0.4, -0.2) is 42.1 Å². The van der Waals surface area contributed by atoms with E-state index in [-0.39, 0.29) is 5.91 Å². The van der Waals surface area contributed by atoms with E-state index >= 15 is 0 Å². The first kappa shape index (κ1) is 17.3. The summed E-state index contributed by atoms with van der Waals surface area (Å²) >= 11 is 0. The van der Waals surface area contributed by atoms with E-state index in [1.165, 1.54) is 6.07 Å². The molecule has 0 atom stereocenters. The van der Waals surface area contributed by atoms with Crippen LogP contribution in [0.4, 0.5) is 18.9 Å². The van der Waals surface area contributed by atoms with E-state index in [1.54, 1.807) is 24.8 Å². The van der Waals surface area contributed by atoms with Crippen LogP contribution in [0.2, 0.25) is 0 Å². The highest BCUT2D eigenvalue weighted by Gasteiger charge is 2.31. The zero-order chi connectivity index (χ0) is 18.2. The van der Waals surface area contributed by atoms with E-state index in [0.29, 0.717) is 48.9 Å². The van der Waals surface area contributed by atoms with Gasteiger partial charge in [-0.3, -0.25) is 4.79 Å². The second-order valence-electron chi connectivity index (χ2n) is 6.03. The molecule has 2 heterocycles. The number of aromatic nitrogens is 1. The van der Waals surface area contributed by atoms with Crippen LogP contribution in [0.25, 0.3) is 0 Å². The third-order valence-corrected chi connectivity index (χ3v) is 4.35. The molecule has 0 unspecified atom stereocenters. The molecular weight excluding hydrogens is 335 g/mol. The van der Waals surface area contributed by atoms with Gasteiger partial charge in [0.2, 0.25) is 0 Å². The lowest BCUT2D eigenvalue weighted by atomic mass is 10.1. The predicted molar refractivity (Wildman–Crippen MR) is 85.5 cm³/mol. The molecule has 8 heteroatoms. The van der Waals surface area contributed by atoms with Crippen LogP contribution in [0, 0.1) is 13.8 Å². The number of carbonyl (C=O) groups excluding carboxylic acids is 1. The van der Waals surface area contributed by atoms with E-state index in [0.717, 1.165) is 12.1 Å². The summed E-state index contributed by atoms with van der Waals surface area (Å²) in [6.07, 6.45) is -4.36. The smallest absolute Gasteiger partial charge is 0.368 e. The van der Waals surface area contributed by atoms with Gasteiger partial charge in [0, 0.05) is 31.9 Å². The van der Waals surface area contributed by atoms with Gasteiger partial charge in [0.15, 0.2) is 0 Å². The molecule has 0 radical (unpaired) electrons. The lowest BCUT2D eigenvalue weighted by Crippen LogP contribution is -2.49. The number of amides is 1. The molecule has 0 bridgehead atoms. The van der Waals surface area contributed by atoms with Crippen molar-refractivity contribution in [3.05, 3.63) is 46.8 Å². The van der Waals surface area contributed by atoms with Gasteiger partial charge in [-0.1, -0.05) is 11.2 Å². The van der Waals surface area contributed by atoms with Gasteiger partial charge >= 0.3 is 6.18 Å². The molecule has 1 aliphatic heterocycles. The fourth-order valence-electron chi connectivity index (χ4n) is 2.99. The molecule has 0 saturated carbocycles. The highest BCUT2D eigenvalue weighted by molar-refractivity contribution is 5.96. The number of carbonyl (C=O) groups is 1. The molecule has 0 spiro atoms. The van der Waals surface area contributed by atoms with Crippen LogP contribution in [0.1, 0.15) is 27.4 Å². The maximum atomic E-state index is 12.8. The van der Waals surface area contributed by atoms with E-state index in [1.807, 2.05) is 4.90 Å². The van der Waals surface area contributed by atoms with Crippen molar-refractivity contribution in [2.45, 2.75) is 20.0 Å². The summed E-state index contributed by atoms with van der Waals surface area (Å²) in [6.45, 7) is 5.19. The van der Waals surface area contributed by atoms with Crippen LogP contribution in [0.3, 0.4) is 0 Å². The van der Waals surface area contributed by atoms with Crippen molar-refractivity contribution in [1.29, 1.82) is 0 Å². The zero-order valence-corrected chi connectivity index (χ0v) is 13.9. The monoisotopic (exact) mass is 353 g/mol. The maximum absolute atomic E-state index is 12.8. The molecule has 2 aromatic rings. The van der Waals surface area contributed by atoms with Gasteiger partial charge < -0.3 is 14.3 Å². The summed E-state index contributed by atoms with van der Waals surface area (Å²) in [5, 5.41) is 3.79. The fourth-order valence-corrected chi connectivity index (χ4v) is 2.99.